The van der Waals surface area contributed by atoms with Crippen LogP contribution in [0.15, 0.2) is 36.5 Å². The molecule has 1 heterocycles. The molecule has 0 atom stereocenters. The van der Waals surface area contributed by atoms with Crippen LogP contribution in [0.25, 0.3) is 0 Å². The van der Waals surface area contributed by atoms with Crippen molar-refractivity contribution in [2.45, 2.75) is 26.2 Å². The van der Waals surface area contributed by atoms with Gasteiger partial charge in [-0.25, -0.2) is 9.97 Å². The Labute approximate surface area is 113 Å². The van der Waals surface area contributed by atoms with E-state index in [1.54, 1.807) is 6.92 Å². The topological polar surface area (TPSA) is 58.0 Å². The summed E-state index contributed by atoms with van der Waals surface area (Å²) < 4.78 is 0. The van der Waals surface area contributed by atoms with Crippen molar-refractivity contribution in [3.05, 3.63) is 47.8 Å². The Balaban J connectivity index is 1.68. The van der Waals surface area contributed by atoms with Crippen LogP contribution in [0, 0.1) is 6.92 Å². The van der Waals surface area contributed by atoms with E-state index in [-0.39, 0.29) is 5.75 Å². The molecule has 2 aromatic rings. The third kappa shape index (κ3) is 4.25. The van der Waals surface area contributed by atoms with Gasteiger partial charge in [0.25, 0.3) is 0 Å². The smallest absolute Gasteiger partial charge is 0.223 e. The summed E-state index contributed by atoms with van der Waals surface area (Å²) in [5, 5.41) is 12.5. The van der Waals surface area contributed by atoms with Crippen molar-refractivity contribution in [3.63, 3.8) is 0 Å². The third-order valence-electron chi connectivity index (χ3n) is 2.97. The number of unbranched alkanes of at least 4 members (excludes halogenated alkanes) is 1. The Morgan fingerprint density at radius 3 is 2.68 bits per heavy atom. The van der Waals surface area contributed by atoms with Crippen LogP contribution in [0.3, 0.4) is 0 Å². The maximum atomic E-state index is 9.33. The summed E-state index contributed by atoms with van der Waals surface area (Å²) in [7, 11) is 0. The molecule has 0 saturated carbocycles. The zero-order valence-electron chi connectivity index (χ0n) is 11.1. The normalized spacial score (nSPS) is 10.4. The van der Waals surface area contributed by atoms with Crippen LogP contribution in [0.1, 0.15) is 24.1 Å². The SMILES string of the molecule is Cc1nc(NCCCCc2ccccc2)ncc1O. The van der Waals surface area contributed by atoms with Crippen molar-refractivity contribution in [3.8, 4) is 5.75 Å². The van der Waals surface area contributed by atoms with Crippen LogP contribution >= 0.6 is 0 Å². The highest BCUT2D eigenvalue weighted by atomic mass is 16.3. The second-order valence-electron chi connectivity index (χ2n) is 4.53. The quantitative estimate of drug-likeness (QED) is 0.781. The van der Waals surface area contributed by atoms with Crippen molar-refractivity contribution in [1.82, 2.24) is 9.97 Å². The average Bonchev–Trinajstić information content (AvgIpc) is 2.43. The molecule has 0 radical (unpaired) electrons. The predicted octanol–water partition coefficient (Wildman–Crippen LogP) is 2.93. The number of aromatic hydroxyl groups is 1. The fourth-order valence-corrected chi connectivity index (χ4v) is 1.84. The first-order valence-corrected chi connectivity index (χ1v) is 6.56. The fraction of sp³-hybridized carbons (Fsp3) is 0.333. The standard InChI is InChI=1S/C15H19N3O/c1-12-14(19)11-17-15(18-12)16-10-6-5-9-13-7-3-2-4-8-13/h2-4,7-8,11,19H,5-6,9-10H2,1H3,(H,16,17,18). The first kappa shape index (κ1) is 13.3. The molecule has 1 aromatic carbocycles. The summed E-state index contributed by atoms with van der Waals surface area (Å²) in [4.78, 5) is 8.18. The minimum atomic E-state index is 0.134. The molecule has 19 heavy (non-hydrogen) atoms. The van der Waals surface area contributed by atoms with Gasteiger partial charge >= 0.3 is 0 Å². The average molecular weight is 257 g/mol. The van der Waals surface area contributed by atoms with Gasteiger partial charge < -0.3 is 10.4 Å². The molecule has 4 heteroatoms. The second-order valence-corrected chi connectivity index (χ2v) is 4.53. The summed E-state index contributed by atoms with van der Waals surface area (Å²) in [6.07, 6.45) is 4.72. The Morgan fingerprint density at radius 2 is 1.95 bits per heavy atom. The van der Waals surface area contributed by atoms with Gasteiger partial charge in [0.15, 0.2) is 5.75 Å². The minimum Gasteiger partial charge on any atom is -0.504 e. The molecule has 4 nitrogen and oxygen atoms in total. The lowest BCUT2D eigenvalue weighted by Gasteiger charge is -2.06. The molecule has 0 saturated heterocycles. The van der Waals surface area contributed by atoms with Crippen LogP contribution < -0.4 is 5.32 Å². The van der Waals surface area contributed by atoms with Crippen LogP contribution in [-0.2, 0) is 6.42 Å². The molecular formula is C15H19N3O. The minimum absolute atomic E-state index is 0.134. The van der Waals surface area contributed by atoms with Gasteiger partial charge in [0.1, 0.15) is 0 Å². The van der Waals surface area contributed by atoms with Crippen LogP contribution in [0.2, 0.25) is 0 Å². The lowest BCUT2D eigenvalue weighted by Crippen LogP contribution is -2.06. The van der Waals surface area contributed by atoms with Gasteiger partial charge in [-0.15, -0.1) is 0 Å². The van der Waals surface area contributed by atoms with Gasteiger partial charge in [-0.05, 0) is 31.7 Å². The third-order valence-corrected chi connectivity index (χ3v) is 2.97. The number of hydrogen-bond acceptors (Lipinski definition) is 4. The van der Waals surface area contributed by atoms with E-state index >= 15 is 0 Å². The van der Waals surface area contributed by atoms with E-state index in [1.807, 2.05) is 6.07 Å². The van der Waals surface area contributed by atoms with E-state index in [4.69, 9.17) is 0 Å². The van der Waals surface area contributed by atoms with Crippen molar-refractivity contribution in [2.75, 3.05) is 11.9 Å². The van der Waals surface area contributed by atoms with E-state index in [0.717, 1.165) is 25.8 Å². The molecule has 0 fully saturated rings. The first-order valence-electron chi connectivity index (χ1n) is 6.56. The van der Waals surface area contributed by atoms with Gasteiger partial charge in [-0.3, -0.25) is 0 Å². The summed E-state index contributed by atoms with van der Waals surface area (Å²) in [6.45, 7) is 2.61. The number of benzene rings is 1. The predicted molar refractivity (Wildman–Crippen MR) is 76.3 cm³/mol. The maximum Gasteiger partial charge on any atom is 0.223 e. The van der Waals surface area contributed by atoms with Crippen LogP contribution in [-0.4, -0.2) is 21.6 Å². The molecular weight excluding hydrogens is 238 g/mol. The lowest BCUT2D eigenvalue weighted by molar-refractivity contribution is 0.464. The van der Waals surface area contributed by atoms with E-state index in [0.29, 0.717) is 11.6 Å². The molecule has 0 bridgehead atoms. The molecule has 0 amide bonds. The molecule has 0 spiro atoms. The molecule has 2 N–H and O–H groups in total. The van der Waals surface area contributed by atoms with Crippen LogP contribution in [0.4, 0.5) is 5.95 Å². The maximum absolute atomic E-state index is 9.33. The number of nitrogens with one attached hydrogen (secondary N) is 1. The highest BCUT2D eigenvalue weighted by molar-refractivity contribution is 5.31. The zero-order valence-corrected chi connectivity index (χ0v) is 11.1. The molecule has 2 rings (SSSR count). The summed E-state index contributed by atoms with van der Waals surface area (Å²) in [5.74, 6) is 0.713. The fourth-order valence-electron chi connectivity index (χ4n) is 1.84. The number of nitrogens with zero attached hydrogens (tertiary/aromatic N) is 2. The Bertz CT molecular complexity index is 514. The van der Waals surface area contributed by atoms with Crippen molar-refractivity contribution >= 4 is 5.95 Å². The molecule has 0 aliphatic heterocycles. The van der Waals surface area contributed by atoms with Crippen LogP contribution in [0.5, 0.6) is 5.75 Å². The Kier molecular flexibility index (Phi) is 4.72. The van der Waals surface area contributed by atoms with Crippen molar-refractivity contribution < 1.29 is 5.11 Å². The van der Waals surface area contributed by atoms with E-state index in [1.165, 1.54) is 11.8 Å². The zero-order chi connectivity index (χ0) is 13.5. The molecule has 0 aliphatic rings. The lowest BCUT2D eigenvalue weighted by atomic mass is 10.1. The highest BCUT2D eigenvalue weighted by Crippen LogP contribution is 2.12. The largest absolute Gasteiger partial charge is 0.504 e. The number of rotatable bonds is 6. The summed E-state index contributed by atoms with van der Waals surface area (Å²) >= 11 is 0. The first-order chi connectivity index (χ1) is 9.25. The molecule has 100 valence electrons. The van der Waals surface area contributed by atoms with E-state index in [2.05, 4.69) is 39.6 Å². The molecule has 1 aromatic heterocycles. The van der Waals surface area contributed by atoms with E-state index in [9.17, 15) is 5.11 Å². The van der Waals surface area contributed by atoms with Gasteiger partial charge in [0, 0.05) is 6.54 Å². The number of anilines is 1. The number of hydrogen-bond donors (Lipinski definition) is 2. The summed E-state index contributed by atoms with van der Waals surface area (Å²) in [6, 6.07) is 10.5. The van der Waals surface area contributed by atoms with Gasteiger partial charge in [-0.1, -0.05) is 30.3 Å². The second kappa shape index (κ2) is 6.73. The highest BCUT2D eigenvalue weighted by Gasteiger charge is 2.00. The molecule has 0 aliphatic carbocycles. The van der Waals surface area contributed by atoms with E-state index < -0.39 is 0 Å². The number of aromatic nitrogens is 2. The Hall–Kier alpha value is -2.10. The van der Waals surface area contributed by atoms with Gasteiger partial charge in [-0.2, -0.15) is 0 Å². The van der Waals surface area contributed by atoms with Gasteiger partial charge in [0.05, 0.1) is 11.9 Å². The van der Waals surface area contributed by atoms with Crippen molar-refractivity contribution in [1.29, 1.82) is 0 Å². The number of aryl methyl sites for hydroxylation is 2. The molecule has 0 unspecified atom stereocenters. The monoisotopic (exact) mass is 257 g/mol. The van der Waals surface area contributed by atoms with Gasteiger partial charge in [0.2, 0.25) is 5.95 Å². The summed E-state index contributed by atoms with van der Waals surface area (Å²) in [5.41, 5.74) is 1.97. The Morgan fingerprint density at radius 1 is 1.16 bits per heavy atom. The van der Waals surface area contributed by atoms with Crippen molar-refractivity contribution in [2.24, 2.45) is 0 Å².